The number of carbonyl (C=O) groups is 2. The Morgan fingerprint density at radius 3 is 2.08 bits per heavy atom. The molecule has 0 saturated carbocycles. The third kappa shape index (κ3) is 4.57. The van der Waals surface area contributed by atoms with Gasteiger partial charge in [0.1, 0.15) is 11.6 Å². The number of ether oxygens (including phenoxy) is 1. The Labute approximate surface area is 214 Å². The average molecular weight is 509 g/mol. The topological polar surface area (TPSA) is 92.9 Å². The number of aliphatic carboxylic acids is 1. The largest absolute Gasteiger partial charge is 0.479 e. The molecule has 3 aromatic rings. The van der Waals surface area contributed by atoms with Crippen molar-refractivity contribution in [3.8, 4) is 22.3 Å². The number of benzene rings is 3. The van der Waals surface area contributed by atoms with Gasteiger partial charge in [0.2, 0.25) is 0 Å². The van der Waals surface area contributed by atoms with Gasteiger partial charge in [0.05, 0.1) is 17.8 Å². The first-order valence-electron chi connectivity index (χ1n) is 11.9. The molecule has 0 fully saturated rings. The summed E-state index contributed by atoms with van der Waals surface area (Å²) in [5.41, 5.74) is 8.90. The number of hydrogen-bond acceptors (Lipinski definition) is 3. The minimum Gasteiger partial charge on any atom is -0.479 e. The van der Waals surface area contributed by atoms with Crippen LogP contribution in [0.4, 0.5) is 19.3 Å². The Hall–Kier alpha value is -3.78. The van der Waals surface area contributed by atoms with E-state index < -0.39 is 35.3 Å². The number of aryl methyl sites for hydroxylation is 1. The van der Waals surface area contributed by atoms with E-state index in [1.807, 2.05) is 31.2 Å². The summed E-state index contributed by atoms with van der Waals surface area (Å²) < 4.78 is 36.3. The van der Waals surface area contributed by atoms with Gasteiger partial charge in [-0.2, -0.15) is 0 Å². The highest BCUT2D eigenvalue weighted by Gasteiger charge is 2.39. The number of carboxylic acid groups (broad SMARTS) is 1. The van der Waals surface area contributed by atoms with E-state index in [4.69, 9.17) is 10.5 Å². The maximum Gasteiger partial charge on any atom is 0.337 e. The van der Waals surface area contributed by atoms with Crippen LogP contribution in [0.5, 0.6) is 0 Å². The number of urea groups is 1. The van der Waals surface area contributed by atoms with E-state index in [0.717, 1.165) is 17.7 Å². The fraction of sp³-hybridized carbons (Fsp3) is 0.310. The maximum absolute atomic E-state index is 15.3. The van der Waals surface area contributed by atoms with Gasteiger partial charge in [-0.3, -0.25) is 4.90 Å². The number of halogens is 2. The van der Waals surface area contributed by atoms with Crippen molar-refractivity contribution in [2.24, 2.45) is 5.73 Å². The second-order valence-corrected chi connectivity index (χ2v) is 10.4. The number of rotatable bonds is 4. The van der Waals surface area contributed by atoms with Gasteiger partial charge in [-0.05, 0) is 75.9 Å². The van der Waals surface area contributed by atoms with Crippen LogP contribution in [0, 0.1) is 32.4 Å². The molecule has 6 nitrogen and oxygen atoms in total. The van der Waals surface area contributed by atoms with Crippen LogP contribution in [-0.2, 0) is 16.1 Å². The summed E-state index contributed by atoms with van der Waals surface area (Å²) in [5.74, 6) is -2.52. The molecule has 1 atom stereocenters. The number of hydrogen-bond donors (Lipinski definition) is 2. The molecule has 0 aliphatic carbocycles. The van der Waals surface area contributed by atoms with Crippen molar-refractivity contribution in [2.75, 3.05) is 4.90 Å². The lowest BCUT2D eigenvalue weighted by molar-refractivity contribution is -0.160. The average Bonchev–Trinajstić information content (AvgIpc) is 2.81. The highest BCUT2D eigenvalue weighted by Crippen LogP contribution is 2.51. The normalized spacial score (nSPS) is 13.7. The second kappa shape index (κ2) is 9.27. The first kappa shape index (κ1) is 26.3. The van der Waals surface area contributed by atoms with Gasteiger partial charge in [-0.15, -0.1) is 0 Å². The fourth-order valence-electron chi connectivity index (χ4n) is 5.10. The highest BCUT2D eigenvalue weighted by atomic mass is 19.1. The van der Waals surface area contributed by atoms with Crippen LogP contribution in [0.2, 0.25) is 0 Å². The van der Waals surface area contributed by atoms with E-state index in [1.54, 1.807) is 34.6 Å². The molecule has 0 saturated heterocycles. The number of primary amides is 1. The quantitative estimate of drug-likeness (QED) is 0.417. The number of amides is 2. The molecule has 3 N–H and O–H groups in total. The number of carbonyl (C=O) groups excluding carboxylic acids is 1. The molecule has 1 aliphatic heterocycles. The monoisotopic (exact) mass is 508 g/mol. The maximum atomic E-state index is 15.3. The van der Waals surface area contributed by atoms with Crippen LogP contribution < -0.4 is 10.6 Å². The molecule has 0 aromatic heterocycles. The van der Waals surface area contributed by atoms with Gasteiger partial charge in [0.15, 0.2) is 6.10 Å². The van der Waals surface area contributed by atoms with Gasteiger partial charge in [-0.25, -0.2) is 18.4 Å². The van der Waals surface area contributed by atoms with Crippen molar-refractivity contribution in [1.82, 2.24) is 0 Å². The fourth-order valence-corrected chi connectivity index (χ4v) is 5.10. The molecule has 1 heterocycles. The Kier molecular flexibility index (Phi) is 6.58. The third-order valence-corrected chi connectivity index (χ3v) is 6.62. The number of carboxylic acids is 1. The summed E-state index contributed by atoms with van der Waals surface area (Å²) in [6.07, 6.45) is -1.41. The van der Waals surface area contributed by atoms with Crippen molar-refractivity contribution >= 4 is 17.7 Å². The van der Waals surface area contributed by atoms with Crippen LogP contribution in [0.15, 0.2) is 36.4 Å². The molecule has 8 heteroatoms. The summed E-state index contributed by atoms with van der Waals surface area (Å²) in [6, 6.07) is 8.68. The number of nitrogens with zero attached hydrogens (tertiary/aromatic N) is 1. The van der Waals surface area contributed by atoms with Gasteiger partial charge in [-0.1, -0.05) is 29.8 Å². The Balaban J connectivity index is 2.22. The smallest absolute Gasteiger partial charge is 0.337 e. The molecular formula is C29H30F2N2O4. The molecule has 4 rings (SSSR count). The zero-order valence-corrected chi connectivity index (χ0v) is 21.7. The predicted molar refractivity (Wildman–Crippen MR) is 138 cm³/mol. The lowest BCUT2D eigenvalue weighted by Crippen LogP contribution is -2.39. The molecule has 0 spiro atoms. The molecular weight excluding hydrogens is 478 g/mol. The SMILES string of the molecule is Cc1ccc(-c2c(C)c3c(c(C)c2[C@H](OC(C)(C)C)C(=O)O)N(C(N)=O)Cc2c(F)ccc(F)c2-3)cc1. The standard InChI is InChI=1S/C29H30F2N2O4/c1-14-7-9-17(10-8-14)21-15(2)22-24-18(19(30)11-12-20(24)31)13-33(28(32)36)25(22)16(3)23(21)26(27(34)35)37-29(4,5)6/h7-12,26H,13H2,1-6H3,(H2,32,36)(H,34,35)/t26-/m0/s1. The number of anilines is 1. The van der Waals surface area contributed by atoms with E-state index in [1.165, 1.54) is 4.90 Å². The summed E-state index contributed by atoms with van der Waals surface area (Å²) >= 11 is 0. The summed E-state index contributed by atoms with van der Waals surface area (Å²) in [7, 11) is 0. The summed E-state index contributed by atoms with van der Waals surface area (Å²) in [5, 5.41) is 10.3. The molecule has 194 valence electrons. The van der Waals surface area contributed by atoms with E-state index in [2.05, 4.69) is 0 Å². The molecule has 0 radical (unpaired) electrons. The van der Waals surface area contributed by atoms with Gasteiger partial charge in [0.25, 0.3) is 0 Å². The number of fused-ring (bicyclic) bond motifs is 3. The van der Waals surface area contributed by atoms with Crippen LogP contribution in [0.3, 0.4) is 0 Å². The molecule has 37 heavy (non-hydrogen) atoms. The highest BCUT2D eigenvalue weighted by molar-refractivity contribution is 6.04. The molecule has 1 aliphatic rings. The zero-order valence-electron chi connectivity index (χ0n) is 21.7. The van der Waals surface area contributed by atoms with E-state index in [-0.39, 0.29) is 23.4 Å². The van der Waals surface area contributed by atoms with Gasteiger partial charge < -0.3 is 15.6 Å². The first-order valence-corrected chi connectivity index (χ1v) is 11.9. The summed E-state index contributed by atoms with van der Waals surface area (Å²) in [4.78, 5) is 26.4. The lowest BCUT2D eigenvalue weighted by atomic mass is 9.79. The molecule has 0 bridgehead atoms. The van der Waals surface area contributed by atoms with Crippen molar-refractivity contribution in [3.63, 3.8) is 0 Å². The van der Waals surface area contributed by atoms with E-state index in [9.17, 15) is 19.1 Å². The third-order valence-electron chi connectivity index (χ3n) is 6.62. The Morgan fingerprint density at radius 2 is 1.54 bits per heavy atom. The Bertz CT molecular complexity index is 1430. The number of nitrogens with two attached hydrogens (primary N) is 1. The predicted octanol–water partition coefficient (Wildman–Crippen LogP) is 6.56. The van der Waals surface area contributed by atoms with E-state index in [0.29, 0.717) is 33.4 Å². The summed E-state index contributed by atoms with van der Waals surface area (Å²) in [6.45, 7) is 10.3. The molecule has 0 unspecified atom stereocenters. The van der Waals surface area contributed by atoms with Gasteiger partial charge >= 0.3 is 12.0 Å². The molecule has 3 aromatic carbocycles. The van der Waals surface area contributed by atoms with Crippen molar-refractivity contribution < 1.29 is 28.2 Å². The van der Waals surface area contributed by atoms with Crippen LogP contribution in [0.1, 0.15) is 54.7 Å². The zero-order chi connectivity index (χ0) is 27.4. The first-order chi connectivity index (χ1) is 17.2. The van der Waals surface area contributed by atoms with Gasteiger partial charge in [0, 0.05) is 22.3 Å². The Morgan fingerprint density at radius 1 is 0.946 bits per heavy atom. The van der Waals surface area contributed by atoms with Crippen molar-refractivity contribution in [1.29, 1.82) is 0 Å². The van der Waals surface area contributed by atoms with Crippen LogP contribution >= 0.6 is 0 Å². The van der Waals surface area contributed by atoms with E-state index >= 15 is 4.39 Å². The van der Waals surface area contributed by atoms with Crippen molar-refractivity contribution in [2.45, 2.75) is 59.8 Å². The van der Waals surface area contributed by atoms with Crippen molar-refractivity contribution in [3.05, 3.63) is 75.8 Å². The minimum atomic E-state index is -1.41. The van der Waals surface area contributed by atoms with Crippen LogP contribution in [-0.4, -0.2) is 22.7 Å². The minimum absolute atomic E-state index is 0.0112. The second-order valence-electron chi connectivity index (χ2n) is 10.4. The lowest BCUT2D eigenvalue weighted by Gasteiger charge is -2.37. The van der Waals surface area contributed by atoms with Crippen LogP contribution in [0.25, 0.3) is 22.3 Å². The molecule has 2 amide bonds.